The Labute approximate surface area is 106 Å². The first-order chi connectivity index (χ1) is 4.30. The monoisotopic (exact) mass is 166 g/mol. The van der Waals surface area contributed by atoms with Gasteiger partial charge in [0.25, 0.3) is 0 Å². The van der Waals surface area contributed by atoms with Crippen LogP contribution in [-0.4, -0.2) is 37.1 Å². The van der Waals surface area contributed by atoms with Gasteiger partial charge >= 0.3 is 51.4 Å². The van der Waals surface area contributed by atoms with Crippen LogP contribution in [0, 0.1) is 0 Å². The largest absolute Gasteiger partial charge is 1.00 e. The fourth-order valence-corrected chi connectivity index (χ4v) is 1.14. The molecule has 0 radical (unpaired) electrons. The molecule has 0 aromatic rings. The summed E-state index contributed by atoms with van der Waals surface area (Å²) in [5.74, 6) is 0. The van der Waals surface area contributed by atoms with E-state index in [1.807, 2.05) is 0 Å². The fourth-order valence-electron chi connectivity index (χ4n) is 1.14. The number of nitrogens with zero attached hydrogens (tertiary/aromatic N) is 2. The molecule has 0 aromatic carbocycles. The number of hydrogen-bond donors (Lipinski definition) is 0. The summed E-state index contributed by atoms with van der Waals surface area (Å²) in [7, 11) is 0. The fraction of sp³-hybridized carbons (Fsp3) is 1.00. The molecule has 0 bridgehead atoms. The first-order valence-electron chi connectivity index (χ1n) is 3.68. The molecule has 1 rings (SSSR count). The summed E-state index contributed by atoms with van der Waals surface area (Å²) in [6.45, 7) is 8.89. The van der Waals surface area contributed by atoms with Gasteiger partial charge in [-0.05, 0) is 26.9 Å². The van der Waals surface area contributed by atoms with Gasteiger partial charge in [0.2, 0.25) is 0 Å². The third-order valence-electron chi connectivity index (χ3n) is 1.82. The number of rotatable bonds is 1. The van der Waals surface area contributed by atoms with Crippen LogP contribution >= 0.6 is 0 Å². The van der Waals surface area contributed by atoms with Crippen LogP contribution in [0.1, 0.15) is 13.8 Å². The zero-order valence-electron chi connectivity index (χ0n) is 7.30. The van der Waals surface area contributed by atoms with Crippen molar-refractivity contribution in [1.82, 2.24) is 4.90 Å². The molecule has 1 aliphatic rings. The predicted octanol–water partition coefficient (Wildman–Crippen LogP) is -1.91. The summed E-state index contributed by atoms with van der Waals surface area (Å²) in [5.41, 5.74) is 0. The van der Waals surface area contributed by atoms with E-state index in [-0.39, 0.29) is 51.4 Å². The first-order valence-corrected chi connectivity index (χ1v) is 3.68. The summed E-state index contributed by atoms with van der Waals surface area (Å²) in [6.07, 6.45) is 0. The van der Waals surface area contributed by atoms with Gasteiger partial charge in [0.05, 0.1) is 0 Å². The average molecular weight is 166 g/mol. The van der Waals surface area contributed by atoms with E-state index in [4.69, 9.17) is 0 Å². The van der Waals surface area contributed by atoms with Crippen LogP contribution in [0.25, 0.3) is 5.32 Å². The van der Waals surface area contributed by atoms with E-state index in [1.54, 1.807) is 0 Å². The average Bonchev–Trinajstić information content (AvgIpc) is 1.90. The molecule has 10 heavy (non-hydrogen) atoms. The van der Waals surface area contributed by atoms with E-state index in [0.717, 1.165) is 26.2 Å². The molecule has 1 fully saturated rings. The Kier molecular flexibility index (Phi) is 7.07. The second-order valence-corrected chi connectivity index (χ2v) is 2.80. The van der Waals surface area contributed by atoms with Crippen molar-refractivity contribution in [1.29, 1.82) is 0 Å². The minimum absolute atomic E-state index is 0. The Hall–Kier alpha value is 1.56. The van der Waals surface area contributed by atoms with E-state index in [0.29, 0.717) is 6.04 Å². The molecule has 1 heterocycles. The molecule has 0 saturated carbocycles. The van der Waals surface area contributed by atoms with Crippen LogP contribution < -0.4 is 51.4 Å². The van der Waals surface area contributed by atoms with E-state index in [9.17, 15) is 0 Å². The van der Waals surface area contributed by atoms with E-state index < -0.39 is 0 Å². The van der Waals surface area contributed by atoms with Crippen molar-refractivity contribution < 1.29 is 51.4 Å². The molecule has 0 unspecified atom stereocenters. The summed E-state index contributed by atoms with van der Waals surface area (Å²) < 4.78 is 0. The van der Waals surface area contributed by atoms with E-state index >= 15 is 0 Å². The normalized spacial score (nSPS) is 20.7. The summed E-state index contributed by atoms with van der Waals surface area (Å²) >= 11 is 0. The minimum atomic E-state index is 0. The Balaban J connectivity index is 0.000000810. The third kappa shape index (κ3) is 3.81. The third-order valence-corrected chi connectivity index (χ3v) is 1.82. The van der Waals surface area contributed by atoms with Crippen molar-refractivity contribution in [2.24, 2.45) is 0 Å². The maximum atomic E-state index is 4.27. The Bertz CT molecular complexity index is 79.7. The number of piperazine rings is 1. The van der Waals surface area contributed by atoms with Gasteiger partial charge in [-0.2, -0.15) is 0 Å². The van der Waals surface area contributed by atoms with Gasteiger partial charge in [0, 0.05) is 6.04 Å². The predicted molar refractivity (Wildman–Crippen MR) is 39.8 cm³/mol. The molecule has 0 N–H and O–H groups in total. The van der Waals surface area contributed by atoms with Gasteiger partial charge in [-0.1, -0.05) is 0 Å². The van der Waals surface area contributed by atoms with Crippen LogP contribution in [0.4, 0.5) is 0 Å². The second-order valence-electron chi connectivity index (χ2n) is 2.80. The molecule has 0 atom stereocenters. The van der Waals surface area contributed by atoms with Crippen LogP contribution in [0.2, 0.25) is 0 Å². The SMILES string of the molecule is CC(C)N1CC[N-]CC1.[K+]. The molecule has 2 nitrogen and oxygen atoms in total. The van der Waals surface area contributed by atoms with Gasteiger partial charge in [-0.3, -0.25) is 0 Å². The summed E-state index contributed by atoms with van der Waals surface area (Å²) in [6, 6.07) is 0.709. The molecular weight excluding hydrogens is 151 g/mol. The van der Waals surface area contributed by atoms with Crippen LogP contribution in [-0.2, 0) is 0 Å². The van der Waals surface area contributed by atoms with Gasteiger partial charge in [-0.15, -0.1) is 13.1 Å². The molecule has 0 aliphatic carbocycles. The van der Waals surface area contributed by atoms with Gasteiger partial charge in [0.15, 0.2) is 0 Å². The summed E-state index contributed by atoms with van der Waals surface area (Å²) in [5, 5.41) is 4.27. The van der Waals surface area contributed by atoms with Crippen molar-refractivity contribution in [2.75, 3.05) is 26.2 Å². The molecule has 0 aromatic heterocycles. The van der Waals surface area contributed by atoms with Crippen molar-refractivity contribution >= 4 is 0 Å². The molecule has 0 spiro atoms. The van der Waals surface area contributed by atoms with Crippen molar-refractivity contribution in [2.45, 2.75) is 19.9 Å². The quantitative estimate of drug-likeness (QED) is 0.416. The topological polar surface area (TPSA) is 17.3 Å². The Morgan fingerprint density at radius 3 is 2.00 bits per heavy atom. The van der Waals surface area contributed by atoms with Gasteiger partial charge in [0.1, 0.15) is 0 Å². The van der Waals surface area contributed by atoms with Crippen LogP contribution in [0.3, 0.4) is 0 Å². The zero-order valence-corrected chi connectivity index (χ0v) is 10.4. The molecule has 3 heteroatoms. The number of hydrogen-bond acceptors (Lipinski definition) is 1. The molecule has 1 aliphatic heterocycles. The van der Waals surface area contributed by atoms with Crippen LogP contribution in [0.15, 0.2) is 0 Å². The van der Waals surface area contributed by atoms with Crippen molar-refractivity contribution in [3.63, 3.8) is 0 Å². The van der Waals surface area contributed by atoms with Crippen molar-refractivity contribution in [3.8, 4) is 0 Å². The van der Waals surface area contributed by atoms with Crippen LogP contribution in [0.5, 0.6) is 0 Å². The van der Waals surface area contributed by atoms with E-state index in [1.165, 1.54) is 0 Å². The second kappa shape index (κ2) is 6.11. The van der Waals surface area contributed by atoms with Gasteiger partial charge < -0.3 is 10.2 Å². The van der Waals surface area contributed by atoms with Crippen molar-refractivity contribution in [3.05, 3.63) is 5.32 Å². The Morgan fingerprint density at radius 1 is 1.20 bits per heavy atom. The smallest absolute Gasteiger partial charge is 0.660 e. The molecule has 1 saturated heterocycles. The standard InChI is InChI=1S/C7H15N2.K/c1-7(2)9-5-3-8-4-6-9;/h7H,3-6H2,1-2H3;/q-1;+1. The Morgan fingerprint density at radius 2 is 1.70 bits per heavy atom. The van der Waals surface area contributed by atoms with E-state index in [2.05, 4.69) is 24.1 Å². The minimum Gasteiger partial charge on any atom is -0.660 e. The first kappa shape index (κ1) is 11.6. The molecule has 0 amide bonds. The molecular formula is C7H15KN2. The summed E-state index contributed by atoms with van der Waals surface area (Å²) in [4.78, 5) is 2.47. The van der Waals surface area contributed by atoms with Gasteiger partial charge in [-0.25, -0.2) is 0 Å². The maximum absolute atomic E-state index is 4.27. The maximum Gasteiger partial charge on any atom is 1.00 e. The molecule has 54 valence electrons. The zero-order chi connectivity index (χ0) is 6.69.